The van der Waals surface area contributed by atoms with Gasteiger partial charge in [-0.05, 0) is 40.9 Å². The fourth-order valence-electron chi connectivity index (χ4n) is 1.06. The molecule has 0 saturated heterocycles. The Bertz CT molecular complexity index is 422. The Kier molecular flexibility index (Phi) is 5.39. The lowest BCUT2D eigenvalue weighted by molar-refractivity contribution is 0.196. The first kappa shape index (κ1) is 14.1. The minimum absolute atomic E-state index is 0.342. The van der Waals surface area contributed by atoms with Crippen molar-refractivity contribution in [2.24, 2.45) is 0 Å². The first-order chi connectivity index (χ1) is 7.47. The normalized spacial score (nSPS) is 11.9. The van der Waals surface area contributed by atoms with E-state index in [1.807, 2.05) is 6.92 Å². The summed E-state index contributed by atoms with van der Waals surface area (Å²) in [6.45, 7) is 2.81. The molecule has 0 fully saturated rings. The van der Waals surface area contributed by atoms with Crippen LogP contribution in [0.3, 0.4) is 0 Å². The molecule has 7 heteroatoms. The Labute approximate surface area is 108 Å². The summed E-state index contributed by atoms with van der Waals surface area (Å²) in [5, 5.41) is 0. The molecule has 0 aliphatic heterocycles. The fraction of sp³-hybridized carbons (Fsp3) is 0.556. The second kappa shape index (κ2) is 6.11. The zero-order chi connectivity index (χ0) is 12.2. The average Bonchev–Trinajstić information content (AvgIpc) is 2.55. The van der Waals surface area contributed by atoms with Crippen molar-refractivity contribution >= 4 is 37.3 Å². The van der Waals surface area contributed by atoms with E-state index in [9.17, 15) is 8.42 Å². The van der Waals surface area contributed by atoms with Crippen molar-refractivity contribution in [1.29, 1.82) is 0 Å². The van der Waals surface area contributed by atoms with E-state index < -0.39 is 10.0 Å². The molecule has 1 aromatic heterocycles. The van der Waals surface area contributed by atoms with Gasteiger partial charge in [0.1, 0.15) is 4.21 Å². The van der Waals surface area contributed by atoms with E-state index in [1.165, 1.54) is 11.3 Å². The van der Waals surface area contributed by atoms with E-state index in [4.69, 9.17) is 4.74 Å². The van der Waals surface area contributed by atoms with Crippen LogP contribution < -0.4 is 4.72 Å². The van der Waals surface area contributed by atoms with Gasteiger partial charge < -0.3 is 4.74 Å². The first-order valence-corrected chi connectivity index (χ1v) is 7.81. The lowest BCUT2D eigenvalue weighted by atomic mass is 10.4. The number of halogens is 1. The summed E-state index contributed by atoms with van der Waals surface area (Å²) >= 11 is 4.53. The minimum Gasteiger partial charge on any atom is -0.385 e. The number of hydrogen-bond acceptors (Lipinski definition) is 4. The monoisotopic (exact) mass is 327 g/mol. The maximum Gasteiger partial charge on any atom is 0.250 e. The summed E-state index contributed by atoms with van der Waals surface area (Å²) in [5.41, 5.74) is 0.933. The minimum atomic E-state index is -3.36. The lowest BCUT2D eigenvalue weighted by Crippen LogP contribution is -2.24. The summed E-state index contributed by atoms with van der Waals surface area (Å²) in [7, 11) is -1.77. The van der Waals surface area contributed by atoms with Crippen molar-refractivity contribution in [3.05, 3.63) is 15.4 Å². The molecule has 0 saturated carbocycles. The molecule has 0 aliphatic carbocycles. The van der Waals surface area contributed by atoms with Crippen molar-refractivity contribution in [1.82, 2.24) is 4.72 Å². The third kappa shape index (κ3) is 3.81. The second-order valence-electron chi connectivity index (χ2n) is 3.27. The smallest absolute Gasteiger partial charge is 0.250 e. The molecule has 1 N–H and O–H groups in total. The van der Waals surface area contributed by atoms with Gasteiger partial charge in [0, 0.05) is 20.3 Å². The van der Waals surface area contributed by atoms with Gasteiger partial charge in [-0.15, -0.1) is 11.3 Å². The molecule has 1 aromatic rings. The largest absolute Gasteiger partial charge is 0.385 e. The average molecular weight is 328 g/mol. The van der Waals surface area contributed by atoms with Gasteiger partial charge in [-0.1, -0.05) is 0 Å². The van der Waals surface area contributed by atoms with Gasteiger partial charge in [0.25, 0.3) is 0 Å². The Hall–Kier alpha value is 0.0500. The highest BCUT2D eigenvalue weighted by Crippen LogP contribution is 2.30. The molecule has 1 heterocycles. The molecular formula is C9H14BrNO3S2. The van der Waals surface area contributed by atoms with Crippen molar-refractivity contribution in [3.63, 3.8) is 0 Å². The van der Waals surface area contributed by atoms with Gasteiger partial charge in [-0.3, -0.25) is 0 Å². The predicted molar refractivity (Wildman–Crippen MR) is 68.4 cm³/mol. The second-order valence-corrected chi connectivity index (χ2v) is 7.63. The Morgan fingerprint density at radius 3 is 2.75 bits per heavy atom. The number of nitrogens with one attached hydrogen (secondary N) is 1. The summed E-state index contributed by atoms with van der Waals surface area (Å²) < 4.78 is 32.2. The molecule has 0 unspecified atom stereocenters. The highest BCUT2D eigenvalue weighted by molar-refractivity contribution is 9.11. The van der Waals surface area contributed by atoms with Gasteiger partial charge >= 0.3 is 0 Å². The molecule has 0 bridgehead atoms. The lowest BCUT2D eigenvalue weighted by Gasteiger charge is -2.03. The molecule has 0 radical (unpaired) electrons. The van der Waals surface area contributed by atoms with E-state index in [0.29, 0.717) is 23.8 Å². The van der Waals surface area contributed by atoms with Gasteiger partial charge in [-0.25, -0.2) is 13.1 Å². The van der Waals surface area contributed by atoms with Crippen LogP contribution in [-0.2, 0) is 14.8 Å². The van der Waals surface area contributed by atoms with Crippen LogP contribution in [0.25, 0.3) is 0 Å². The van der Waals surface area contributed by atoms with E-state index in [2.05, 4.69) is 20.7 Å². The van der Waals surface area contributed by atoms with E-state index >= 15 is 0 Å². The zero-order valence-electron chi connectivity index (χ0n) is 9.12. The van der Waals surface area contributed by atoms with Crippen LogP contribution in [0.5, 0.6) is 0 Å². The van der Waals surface area contributed by atoms with Gasteiger partial charge in [0.2, 0.25) is 10.0 Å². The van der Waals surface area contributed by atoms with Gasteiger partial charge in [-0.2, -0.15) is 0 Å². The zero-order valence-corrected chi connectivity index (χ0v) is 12.3. The molecular weight excluding hydrogens is 314 g/mol. The van der Waals surface area contributed by atoms with Gasteiger partial charge in [0.15, 0.2) is 0 Å². The first-order valence-electron chi connectivity index (χ1n) is 4.72. The summed E-state index contributed by atoms with van der Waals surface area (Å²) in [6.07, 6.45) is 0.668. The topological polar surface area (TPSA) is 55.4 Å². The highest BCUT2D eigenvalue weighted by Gasteiger charge is 2.17. The molecule has 16 heavy (non-hydrogen) atoms. The number of ether oxygens (including phenoxy) is 1. The van der Waals surface area contributed by atoms with Crippen LogP contribution in [0.4, 0.5) is 0 Å². The Morgan fingerprint density at radius 2 is 2.25 bits per heavy atom. The van der Waals surface area contributed by atoms with Crippen LogP contribution in [0.2, 0.25) is 0 Å². The summed E-state index contributed by atoms with van der Waals surface area (Å²) in [5.74, 6) is 0. The van der Waals surface area contributed by atoms with Crippen LogP contribution in [0.1, 0.15) is 12.0 Å². The highest BCUT2D eigenvalue weighted by atomic mass is 79.9. The van der Waals surface area contributed by atoms with Crippen molar-refractivity contribution in [2.75, 3.05) is 20.3 Å². The van der Waals surface area contributed by atoms with Crippen LogP contribution >= 0.6 is 27.3 Å². The molecule has 0 atom stereocenters. The SMILES string of the molecule is COCCCNS(=O)(=O)c1cc(C)c(Br)s1. The number of hydrogen-bond donors (Lipinski definition) is 1. The van der Waals surface area contributed by atoms with Crippen LogP contribution in [0.15, 0.2) is 14.1 Å². The fourth-order valence-corrected chi connectivity index (χ4v) is 4.40. The summed E-state index contributed by atoms with van der Waals surface area (Å²) in [6, 6.07) is 1.66. The molecule has 0 aliphatic rings. The molecule has 92 valence electrons. The number of thiophene rings is 1. The number of sulfonamides is 1. The number of methoxy groups -OCH3 is 1. The van der Waals surface area contributed by atoms with Crippen molar-refractivity contribution in [2.45, 2.75) is 17.6 Å². The molecule has 0 amide bonds. The third-order valence-electron chi connectivity index (χ3n) is 1.92. The van der Waals surface area contributed by atoms with Crippen molar-refractivity contribution in [3.8, 4) is 0 Å². The predicted octanol–water partition coefficient (Wildman–Crippen LogP) is 2.13. The Morgan fingerprint density at radius 1 is 1.56 bits per heavy atom. The molecule has 1 rings (SSSR count). The number of aryl methyl sites for hydroxylation is 1. The van der Waals surface area contributed by atoms with E-state index in [0.717, 1.165) is 9.35 Å². The maximum atomic E-state index is 11.8. The molecule has 0 aromatic carbocycles. The summed E-state index contributed by atoms with van der Waals surface area (Å²) in [4.78, 5) is 0. The molecule has 4 nitrogen and oxygen atoms in total. The van der Waals surface area contributed by atoms with Crippen molar-refractivity contribution < 1.29 is 13.2 Å². The standard InChI is InChI=1S/C9H14BrNO3S2/c1-7-6-8(15-9(7)10)16(12,13)11-4-3-5-14-2/h6,11H,3-5H2,1-2H3. The number of rotatable bonds is 6. The maximum absolute atomic E-state index is 11.8. The van der Waals surface area contributed by atoms with Crippen LogP contribution in [0, 0.1) is 6.92 Å². The Balaban J connectivity index is 2.64. The third-order valence-corrected chi connectivity index (χ3v) is 5.99. The van der Waals surface area contributed by atoms with E-state index in [-0.39, 0.29) is 0 Å². The van der Waals surface area contributed by atoms with Crippen LogP contribution in [-0.4, -0.2) is 28.7 Å². The molecule has 0 spiro atoms. The quantitative estimate of drug-likeness (QED) is 0.814. The van der Waals surface area contributed by atoms with Gasteiger partial charge in [0.05, 0.1) is 3.79 Å². The van der Waals surface area contributed by atoms with E-state index in [1.54, 1.807) is 13.2 Å².